The van der Waals surface area contributed by atoms with E-state index in [0.29, 0.717) is 6.61 Å². The first-order valence-electron chi connectivity index (χ1n) is 1.76. The first kappa shape index (κ1) is 5.14. The molecule has 7 heavy (non-hydrogen) atoms. The first-order valence-corrected chi connectivity index (χ1v) is 3.01. The van der Waals surface area contributed by atoms with Crippen LogP contribution in [0.2, 0.25) is 0 Å². The second-order valence-electron chi connectivity index (χ2n) is 1.09. The molecule has 0 radical (unpaired) electrons. The first-order chi connectivity index (χ1) is 3.29. The van der Waals surface area contributed by atoms with Crippen LogP contribution < -0.4 is 0 Å². The van der Waals surface area contributed by atoms with Crippen molar-refractivity contribution in [2.24, 2.45) is 0 Å². The molecule has 0 amide bonds. The van der Waals surface area contributed by atoms with Crippen LogP contribution in [-0.4, -0.2) is 16.9 Å². The molecule has 0 unspecified atom stereocenters. The van der Waals surface area contributed by atoms with E-state index in [2.05, 4.69) is 9.47 Å². The topological polar surface area (TPSA) is 35.5 Å². The van der Waals surface area contributed by atoms with Crippen LogP contribution in [0, 0.1) is 0 Å². The predicted molar refractivity (Wildman–Crippen MR) is 30.2 cm³/mol. The minimum Gasteiger partial charge on any atom is -0.429 e. The van der Waals surface area contributed by atoms with Gasteiger partial charge in [-0.15, -0.1) is 0 Å². The van der Waals surface area contributed by atoms with Crippen LogP contribution in [-0.2, 0) is 9.47 Å². The van der Waals surface area contributed by atoms with Gasteiger partial charge in [0.1, 0.15) is 6.61 Å². The van der Waals surface area contributed by atoms with E-state index >= 15 is 0 Å². The highest BCUT2D eigenvalue weighted by Crippen LogP contribution is 2.11. The average Bonchev–Trinajstić information content (AvgIpc) is 1.87. The summed E-state index contributed by atoms with van der Waals surface area (Å²) < 4.78 is 8.80. The zero-order valence-electron chi connectivity index (χ0n) is 3.39. The Morgan fingerprint density at radius 2 is 2.57 bits per heavy atom. The summed E-state index contributed by atoms with van der Waals surface area (Å²) in [6.07, 6.45) is -0.556. The Kier molecular flexibility index (Phi) is 1.36. The Hall–Kier alpha value is -0.0000000000000000555. The highest BCUT2D eigenvalue weighted by molar-refractivity contribution is 14.1. The molecule has 40 valence electrons. The van der Waals surface area contributed by atoms with Crippen LogP contribution in [0.4, 0.5) is 4.79 Å². The molecule has 0 aromatic heterocycles. The van der Waals surface area contributed by atoms with E-state index < -0.39 is 6.16 Å². The number of halogens is 1. The lowest BCUT2D eigenvalue weighted by Crippen LogP contribution is -1.95. The molecule has 4 heteroatoms. The number of rotatable bonds is 0. The van der Waals surface area contributed by atoms with Crippen molar-refractivity contribution in [3.05, 3.63) is 0 Å². The Balaban J connectivity index is 2.40. The van der Waals surface area contributed by atoms with Gasteiger partial charge >= 0.3 is 6.16 Å². The van der Waals surface area contributed by atoms with Gasteiger partial charge in [0, 0.05) is 0 Å². The van der Waals surface area contributed by atoms with Gasteiger partial charge in [-0.3, -0.25) is 0 Å². The quantitative estimate of drug-likeness (QED) is 0.341. The van der Waals surface area contributed by atoms with Gasteiger partial charge in [-0.1, -0.05) is 0 Å². The summed E-state index contributed by atoms with van der Waals surface area (Å²) in [6.45, 7) is 0.388. The van der Waals surface area contributed by atoms with Crippen LogP contribution in [0.1, 0.15) is 0 Å². The van der Waals surface area contributed by atoms with Crippen LogP contribution in [0.3, 0.4) is 0 Å². The summed E-state index contributed by atoms with van der Waals surface area (Å²) in [5, 5.41) is 0. The van der Waals surface area contributed by atoms with Gasteiger partial charge in [-0.25, -0.2) is 4.79 Å². The number of cyclic esters (lactones) is 2. The zero-order valence-corrected chi connectivity index (χ0v) is 5.54. The van der Waals surface area contributed by atoms with Crippen molar-refractivity contribution < 1.29 is 14.3 Å². The van der Waals surface area contributed by atoms with E-state index in [4.69, 9.17) is 0 Å². The molecule has 0 aliphatic carbocycles. The molecule has 0 aromatic rings. The molecular weight excluding hydrogens is 211 g/mol. The molecule has 1 aliphatic heterocycles. The number of alkyl halides is 1. The SMILES string of the molecule is O=C1OC[C@@H](I)O1. The van der Waals surface area contributed by atoms with Gasteiger partial charge in [-0.05, 0) is 22.6 Å². The zero-order chi connectivity index (χ0) is 5.28. The monoisotopic (exact) mass is 214 g/mol. The molecule has 0 aromatic carbocycles. The van der Waals surface area contributed by atoms with E-state index in [-0.39, 0.29) is 4.11 Å². The fraction of sp³-hybridized carbons (Fsp3) is 0.667. The minimum atomic E-state index is -0.556. The number of carbonyl (C=O) groups excluding carboxylic acids is 1. The number of ether oxygens (including phenoxy) is 2. The molecule has 1 aliphatic rings. The van der Waals surface area contributed by atoms with Crippen molar-refractivity contribution in [1.29, 1.82) is 0 Å². The Bertz CT molecular complexity index is 92.2. The number of hydrogen-bond donors (Lipinski definition) is 0. The van der Waals surface area contributed by atoms with Crippen LogP contribution >= 0.6 is 22.6 Å². The van der Waals surface area contributed by atoms with E-state index in [1.807, 2.05) is 22.6 Å². The Morgan fingerprint density at radius 1 is 1.86 bits per heavy atom. The summed E-state index contributed by atoms with van der Waals surface area (Å²) in [5.74, 6) is 0. The molecule has 0 N–H and O–H groups in total. The third-order valence-electron chi connectivity index (χ3n) is 0.556. The standard InChI is InChI=1S/C3H3IO3/c4-2-1-6-3(5)7-2/h2H,1H2/t2-/m0/s1. The summed E-state index contributed by atoms with van der Waals surface area (Å²) in [5.41, 5.74) is 0. The lowest BCUT2D eigenvalue weighted by molar-refractivity contribution is 0.130. The average molecular weight is 214 g/mol. The largest absolute Gasteiger partial charge is 0.509 e. The fourth-order valence-electron chi connectivity index (χ4n) is 0.306. The molecule has 0 spiro atoms. The summed E-state index contributed by atoms with van der Waals surface area (Å²) >= 11 is 1.98. The van der Waals surface area contributed by atoms with E-state index in [0.717, 1.165) is 0 Å². The Labute approximate surface area is 54.1 Å². The van der Waals surface area contributed by atoms with Gasteiger partial charge in [0.05, 0.1) is 0 Å². The van der Waals surface area contributed by atoms with E-state index in [9.17, 15) is 4.79 Å². The Morgan fingerprint density at radius 3 is 2.71 bits per heavy atom. The lowest BCUT2D eigenvalue weighted by atomic mass is 10.8. The number of hydrogen-bond acceptors (Lipinski definition) is 3. The predicted octanol–water partition coefficient (Wildman–Crippen LogP) is 0.914. The maximum absolute atomic E-state index is 10.0. The third kappa shape index (κ3) is 1.19. The smallest absolute Gasteiger partial charge is 0.429 e. The van der Waals surface area contributed by atoms with Crippen molar-refractivity contribution in [2.75, 3.05) is 6.61 Å². The van der Waals surface area contributed by atoms with Crippen molar-refractivity contribution in [1.82, 2.24) is 0 Å². The van der Waals surface area contributed by atoms with Crippen molar-refractivity contribution >= 4 is 28.7 Å². The molecule has 3 nitrogen and oxygen atoms in total. The summed E-state index contributed by atoms with van der Waals surface area (Å²) in [7, 11) is 0. The van der Waals surface area contributed by atoms with Crippen LogP contribution in [0.15, 0.2) is 0 Å². The summed E-state index contributed by atoms with van der Waals surface area (Å²) in [6, 6.07) is 0. The number of carbonyl (C=O) groups is 1. The van der Waals surface area contributed by atoms with E-state index in [1.165, 1.54) is 0 Å². The van der Waals surface area contributed by atoms with Gasteiger partial charge in [-0.2, -0.15) is 0 Å². The molecule has 0 saturated carbocycles. The molecular formula is C3H3IO3. The van der Waals surface area contributed by atoms with Crippen molar-refractivity contribution in [3.63, 3.8) is 0 Å². The van der Waals surface area contributed by atoms with Crippen LogP contribution in [0.5, 0.6) is 0 Å². The second-order valence-corrected chi connectivity index (χ2v) is 2.48. The van der Waals surface area contributed by atoms with Crippen molar-refractivity contribution in [3.8, 4) is 0 Å². The van der Waals surface area contributed by atoms with Gasteiger partial charge in [0.15, 0.2) is 4.11 Å². The van der Waals surface area contributed by atoms with E-state index in [1.54, 1.807) is 0 Å². The molecule has 0 bridgehead atoms. The molecule has 1 heterocycles. The highest BCUT2D eigenvalue weighted by Gasteiger charge is 2.20. The minimum absolute atomic E-state index is 0.0786. The highest BCUT2D eigenvalue weighted by atomic mass is 127. The molecule has 1 rings (SSSR count). The van der Waals surface area contributed by atoms with Gasteiger partial charge in [0.2, 0.25) is 0 Å². The molecule has 1 fully saturated rings. The third-order valence-corrected chi connectivity index (χ3v) is 1.17. The van der Waals surface area contributed by atoms with Crippen molar-refractivity contribution in [2.45, 2.75) is 4.11 Å². The fourth-order valence-corrected chi connectivity index (χ4v) is 0.693. The summed E-state index contributed by atoms with van der Waals surface area (Å²) in [4.78, 5) is 10.0. The maximum Gasteiger partial charge on any atom is 0.509 e. The normalized spacial score (nSPS) is 29.3. The van der Waals surface area contributed by atoms with Crippen LogP contribution in [0.25, 0.3) is 0 Å². The maximum atomic E-state index is 10.0. The lowest BCUT2D eigenvalue weighted by Gasteiger charge is -1.87. The van der Waals surface area contributed by atoms with Gasteiger partial charge in [0.25, 0.3) is 0 Å². The van der Waals surface area contributed by atoms with Gasteiger partial charge < -0.3 is 9.47 Å². The molecule has 1 saturated heterocycles. The molecule has 1 atom stereocenters. The second kappa shape index (κ2) is 1.85.